The largest absolute Gasteiger partial charge is 0.343 e. The molecule has 1 aromatic rings. The number of nitrogens with one attached hydrogen (secondary N) is 1. The number of anilines is 1. The highest BCUT2D eigenvalue weighted by molar-refractivity contribution is 6.40. The molecular formula is C13H14Cl2N2O2. The maximum absolute atomic E-state index is 12.4. The van der Waals surface area contributed by atoms with E-state index in [1.165, 1.54) is 4.90 Å². The number of para-hydroxylation sites is 1. The van der Waals surface area contributed by atoms with Gasteiger partial charge in [-0.25, -0.2) is 0 Å². The normalized spacial score (nSPS) is 23.5. The highest BCUT2D eigenvalue weighted by Crippen LogP contribution is 2.36. The summed E-state index contributed by atoms with van der Waals surface area (Å²) in [6.07, 6.45) is 0.524. The van der Waals surface area contributed by atoms with Gasteiger partial charge in [-0.3, -0.25) is 14.5 Å². The van der Waals surface area contributed by atoms with Gasteiger partial charge in [-0.1, -0.05) is 36.2 Å². The summed E-state index contributed by atoms with van der Waals surface area (Å²) in [5, 5.41) is 3.41. The summed E-state index contributed by atoms with van der Waals surface area (Å²) in [4.78, 5) is 25.7. The second kappa shape index (κ2) is 5.39. The lowest BCUT2D eigenvalue weighted by atomic mass is 10.1. The molecule has 0 saturated carbocycles. The van der Waals surface area contributed by atoms with Crippen molar-refractivity contribution in [1.29, 1.82) is 0 Å². The van der Waals surface area contributed by atoms with Gasteiger partial charge in [0.15, 0.2) is 0 Å². The molecule has 1 aromatic carbocycles. The van der Waals surface area contributed by atoms with Gasteiger partial charge in [-0.05, 0) is 25.5 Å². The number of benzene rings is 1. The van der Waals surface area contributed by atoms with E-state index in [0.29, 0.717) is 22.2 Å². The SMILES string of the molecule is CCC1NC(=O)C(C)N(c2c(Cl)cccc2Cl)C1=O. The van der Waals surface area contributed by atoms with Gasteiger partial charge in [0.2, 0.25) is 11.8 Å². The molecule has 19 heavy (non-hydrogen) atoms. The van der Waals surface area contributed by atoms with Crippen molar-refractivity contribution in [2.24, 2.45) is 0 Å². The van der Waals surface area contributed by atoms with Gasteiger partial charge >= 0.3 is 0 Å². The van der Waals surface area contributed by atoms with E-state index in [9.17, 15) is 9.59 Å². The Morgan fingerprint density at radius 3 is 2.37 bits per heavy atom. The molecule has 0 radical (unpaired) electrons. The zero-order chi connectivity index (χ0) is 14.2. The van der Waals surface area contributed by atoms with E-state index in [0.717, 1.165) is 0 Å². The van der Waals surface area contributed by atoms with Crippen molar-refractivity contribution in [2.45, 2.75) is 32.4 Å². The molecule has 102 valence electrons. The molecule has 0 aromatic heterocycles. The molecule has 0 bridgehead atoms. The Bertz CT molecular complexity index is 513. The minimum absolute atomic E-state index is 0.190. The fraction of sp³-hybridized carbons (Fsp3) is 0.385. The molecule has 1 heterocycles. The molecule has 4 nitrogen and oxygen atoms in total. The number of hydrogen-bond acceptors (Lipinski definition) is 2. The number of amides is 2. The molecule has 1 saturated heterocycles. The average Bonchev–Trinajstić information content (AvgIpc) is 2.37. The van der Waals surface area contributed by atoms with Gasteiger partial charge < -0.3 is 5.32 Å². The van der Waals surface area contributed by atoms with Crippen molar-refractivity contribution in [2.75, 3.05) is 4.90 Å². The zero-order valence-corrected chi connectivity index (χ0v) is 12.1. The second-order valence-electron chi connectivity index (χ2n) is 4.42. The van der Waals surface area contributed by atoms with Gasteiger partial charge in [0.25, 0.3) is 0 Å². The molecule has 2 rings (SSSR count). The van der Waals surface area contributed by atoms with Crippen LogP contribution in [-0.2, 0) is 9.59 Å². The summed E-state index contributed by atoms with van der Waals surface area (Å²) in [5.74, 6) is -0.396. The van der Waals surface area contributed by atoms with Gasteiger partial charge in [0, 0.05) is 0 Å². The molecule has 1 aliphatic rings. The van der Waals surface area contributed by atoms with Crippen LogP contribution in [0.1, 0.15) is 20.3 Å². The molecule has 2 amide bonds. The van der Waals surface area contributed by atoms with E-state index < -0.39 is 12.1 Å². The Kier molecular flexibility index (Phi) is 4.02. The van der Waals surface area contributed by atoms with E-state index in [1.807, 2.05) is 6.92 Å². The summed E-state index contributed by atoms with van der Waals surface area (Å²) in [6.45, 7) is 3.49. The van der Waals surface area contributed by atoms with E-state index in [2.05, 4.69) is 5.32 Å². The summed E-state index contributed by atoms with van der Waals surface area (Å²) in [5.41, 5.74) is 0.400. The predicted molar refractivity (Wildman–Crippen MR) is 75.6 cm³/mol. The van der Waals surface area contributed by atoms with E-state index in [1.54, 1.807) is 25.1 Å². The Morgan fingerprint density at radius 2 is 1.84 bits per heavy atom. The summed E-state index contributed by atoms with van der Waals surface area (Å²) >= 11 is 12.2. The van der Waals surface area contributed by atoms with Crippen LogP contribution in [0.4, 0.5) is 5.69 Å². The lowest BCUT2D eigenvalue weighted by Crippen LogP contribution is -2.62. The summed E-state index contributed by atoms with van der Waals surface area (Å²) in [7, 11) is 0. The maximum atomic E-state index is 12.4. The lowest BCUT2D eigenvalue weighted by molar-refractivity contribution is -0.133. The zero-order valence-electron chi connectivity index (χ0n) is 10.6. The quantitative estimate of drug-likeness (QED) is 0.913. The molecule has 2 atom stereocenters. The number of carbonyl (C=O) groups is 2. The van der Waals surface area contributed by atoms with Crippen molar-refractivity contribution in [3.8, 4) is 0 Å². The van der Waals surface area contributed by atoms with Gasteiger partial charge in [-0.15, -0.1) is 0 Å². The number of halogens is 2. The van der Waals surface area contributed by atoms with Crippen molar-refractivity contribution in [3.05, 3.63) is 28.2 Å². The van der Waals surface area contributed by atoms with Crippen LogP contribution >= 0.6 is 23.2 Å². The Hall–Kier alpha value is -1.26. The number of carbonyl (C=O) groups excluding carboxylic acids is 2. The molecule has 0 aliphatic carbocycles. The second-order valence-corrected chi connectivity index (χ2v) is 5.24. The molecule has 1 aliphatic heterocycles. The van der Waals surface area contributed by atoms with Crippen LogP contribution in [0.2, 0.25) is 10.0 Å². The third kappa shape index (κ3) is 2.42. The molecule has 0 spiro atoms. The Balaban J connectivity index is 2.51. The van der Waals surface area contributed by atoms with Crippen LogP contribution in [0.3, 0.4) is 0 Å². The van der Waals surface area contributed by atoms with Crippen LogP contribution in [-0.4, -0.2) is 23.9 Å². The van der Waals surface area contributed by atoms with Crippen LogP contribution in [0.25, 0.3) is 0 Å². The number of hydrogen-bond donors (Lipinski definition) is 1. The highest BCUT2D eigenvalue weighted by atomic mass is 35.5. The van der Waals surface area contributed by atoms with Crippen LogP contribution in [0.5, 0.6) is 0 Å². The standard InChI is InChI=1S/C13H14Cl2N2O2/c1-3-10-13(19)17(7(2)12(18)16-10)11-8(14)5-4-6-9(11)15/h4-7,10H,3H2,1-2H3,(H,16,18). The minimum Gasteiger partial charge on any atom is -0.343 e. The average molecular weight is 301 g/mol. The lowest BCUT2D eigenvalue weighted by Gasteiger charge is -2.37. The van der Waals surface area contributed by atoms with Crippen LogP contribution in [0, 0.1) is 0 Å². The molecule has 1 fully saturated rings. The van der Waals surface area contributed by atoms with Crippen molar-refractivity contribution < 1.29 is 9.59 Å². The van der Waals surface area contributed by atoms with Gasteiger partial charge in [-0.2, -0.15) is 0 Å². The molecule has 6 heteroatoms. The van der Waals surface area contributed by atoms with Crippen LogP contribution in [0.15, 0.2) is 18.2 Å². The van der Waals surface area contributed by atoms with E-state index in [4.69, 9.17) is 23.2 Å². The third-order valence-corrected chi connectivity index (χ3v) is 3.82. The smallest absolute Gasteiger partial charge is 0.250 e. The first-order valence-electron chi connectivity index (χ1n) is 6.04. The maximum Gasteiger partial charge on any atom is 0.250 e. The highest BCUT2D eigenvalue weighted by Gasteiger charge is 2.39. The predicted octanol–water partition coefficient (Wildman–Crippen LogP) is 2.62. The Labute approximate surface area is 121 Å². The fourth-order valence-electron chi connectivity index (χ4n) is 2.13. The topological polar surface area (TPSA) is 49.4 Å². The van der Waals surface area contributed by atoms with Crippen molar-refractivity contribution in [3.63, 3.8) is 0 Å². The monoisotopic (exact) mass is 300 g/mol. The first kappa shape index (κ1) is 14.2. The summed E-state index contributed by atoms with van der Waals surface area (Å²) in [6, 6.07) is 3.83. The first-order chi connectivity index (χ1) is 8.97. The molecular weight excluding hydrogens is 287 g/mol. The van der Waals surface area contributed by atoms with Crippen molar-refractivity contribution >= 4 is 40.7 Å². The van der Waals surface area contributed by atoms with Gasteiger partial charge in [0.1, 0.15) is 12.1 Å². The van der Waals surface area contributed by atoms with Crippen molar-refractivity contribution in [1.82, 2.24) is 5.32 Å². The third-order valence-electron chi connectivity index (χ3n) is 3.21. The number of nitrogens with zero attached hydrogens (tertiary/aromatic N) is 1. The van der Waals surface area contributed by atoms with E-state index in [-0.39, 0.29) is 11.8 Å². The minimum atomic E-state index is -0.632. The number of piperazine rings is 1. The fourth-order valence-corrected chi connectivity index (χ4v) is 2.71. The Morgan fingerprint density at radius 1 is 1.26 bits per heavy atom. The number of rotatable bonds is 2. The van der Waals surface area contributed by atoms with Crippen LogP contribution < -0.4 is 10.2 Å². The molecule has 1 N–H and O–H groups in total. The van der Waals surface area contributed by atoms with E-state index >= 15 is 0 Å². The first-order valence-corrected chi connectivity index (χ1v) is 6.80. The van der Waals surface area contributed by atoms with Gasteiger partial charge in [0.05, 0.1) is 15.7 Å². The molecule has 2 unspecified atom stereocenters. The summed E-state index contributed by atoms with van der Waals surface area (Å²) < 4.78 is 0.